The van der Waals surface area contributed by atoms with Gasteiger partial charge in [-0.25, -0.2) is 0 Å². The molecule has 0 aromatic heterocycles. The molecule has 0 aromatic rings. The van der Waals surface area contributed by atoms with E-state index in [2.05, 4.69) is 12.2 Å². The van der Waals surface area contributed by atoms with Gasteiger partial charge in [-0.2, -0.15) is 0 Å². The van der Waals surface area contributed by atoms with E-state index in [9.17, 15) is 0 Å². The van der Waals surface area contributed by atoms with Crippen molar-refractivity contribution in [1.82, 2.24) is 0 Å². The van der Waals surface area contributed by atoms with E-state index in [4.69, 9.17) is 0 Å². The quantitative estimate of drug-likeness (QED) is 0.334. The summed E-state index contributed by atoms with van der Waals surface area (Å²) >= 11 is 0. The first kappa shape index (κ1) is 28.3. The molecule has 0 nitrogen and oxygen atoms in total. The molecule has 0 amide bonds. The lowest BCUT2D eigenvalue weighted by molar-refractivity contribution is 0.207. The van der Waals surface area contributed by atoms with Gasteiger partial charge in [-0.05, 0) is 75.0 Å². The molecule has 0 heteroatoms. The molecule has 0 aliphatic heterocycles. The van der Waals surface area contributed by atoms with E-state index >= 15 is 0 Å². The molecule has 0 radical (unpaired) electrons. The molecule has 2 saturated carbocycles. The molecule has 198 valence electrons. The van der Waals surface area contributed by atoms with Crippen molar-refractivity contribution in [3.63, 3.8) is 0 Å². The number of allylic oxidation sites excluding steroid dienone is 2. The minimum Gasteiger partial charge on any atom is -0.0885 e. The standard InChI is InChI=1S/C34H62/c1-2-4-8-12-16-20-24-28-32(27-23-19-15-11-7-3-1)34-30-26-22-18-14-10-6-5-9-13-17-21-25-29-33(34)31-34/h1,3,32-33H,2,4-31H2. The molecule has 0 heterocycles. The van der Waals surface area contributed by atoms with Crippen molar-refractivity contribution in [3.8, 4) is 0 Å². The van der Waals surface area contributed by atoms with Gasteiger partial charge in [-0.3, -0.25) is 0 Å². The Bertz CT molecular complexity index is 504. The Hall–Kier alpha value is -0.260. The average Bonchev–Trinajstić information content (AvgIpc) is 3.54. The van der Waals surface area contributed by atoms with Crippen LogP contribution in [0.3, 0.4) is 0 Å². The van der Waals surface area contributed by atoms with Gasteiger partial charge in [-0.1, -0.05) is 141 Å². The third-order valence-electron chi connectivity index (χ3n) is 10.1. The van der Waals surface area contributed by atoms with E-state index in [1.807, 2.05) is 0 Å². The summed E-state index contributed by atoms with van der Waals surface area (Å²) in [7, 11) is 0. The van der Waals surface area contributed by atoms with Gasteiger partial charge in [0.05, 0.1) is 0 Å². The zero-order chi connectivity index (χ0) is 23.6. The second-order valence-electron chi connectivity index (χ2n) is 12.8. The Morgan fingerprint density at radius 1 is 0.353 bits per heavy atom. The molecule has 2 fully saturated rings. The summed E-state index contributed by atoms with van der Waals surface area (Å²) in [5.74, 6) is 2.16. The lowest BCUT2D eigenvalue weighted by atomic mass is 9.75. The van der Waals surface area contributed by atoms with E-state index in [0.29, 0.717) is 0 Å². The van der Waals surface area contributed by atoms with Gasteiger partial charge < -0.3 is 0 Å². The van der Waals surface area contributed by atoms with Crippen LogP contribution in [0.15, 0.2) is 12.2 Å². The first-order chi connectivity index (χ1) is 16.9. The predicted octanol–water partition coefficient (Wildman–Crippen LogP) is 12.1. The summed E-state index contributed by atoms with van der Waals surface area (Å²) < 4.78 is 0. The maximum Gasteiger partial charge on any atom is -0.0238 e. The van der Waals surface area contributed by atoms with E-state index in [1.54, 1.807) is 38.5 Å². The van der Waals surface area contributed by atoms with Gasteiger partial charge in [0.15, 0.2) is 0 Å². The molecule has 0 aromatic carbocycles. The lowest BCUT2D eigenvalue weighted by Crippen LogP contribution is -2.19. The maximum atomic E-state index is 2.48. The fourth-order valence-corrected chi connectivity index (χ4v) is 7.73. The second-order valence-corrected chi connectivity index (χ2v) is 12.8. The fraction of sp³-hybridized carbons (Fsp3) is 0.941. The molecule has 3 rings (SSSR count). The summed E-state index contributed by atoms with van der Waals surface area (Å²) in [6, 6.07) is 0. The highest BCUT2D eigenvalue weighted by Gasteiger charge is 2.56. The first-order valence-corrected chi connectivity index (χ1v) is 16.6. The Morgan fingerprint density at radius 3 is 1.18 bits per heavy atom. The number of rotatable bonds is 1. The van der Waals surface area contributed by atoms with Gasteiger partial charge in [0.25, 0.3) is 0 Å². The minimum atomic E-state index is 0.780. The van der Waals surface area contributed by atoms with Crippen LogP contribution in [0.5, 0.6) is 0 Å². The largest absolute Gasteiger partial charge is 0.0885 e. The van der Waals surface area contributed by atoms with Crippen molar-refractivity contribution in [2.75, 3.05) is 0 Å². The maximum absolute atomic E-state index is 2.48. The third kappa shape index (κ3) is 11.2. The fourth-order valence-electron chi connectivity index (χ4n) is 7.73. The normalized spacial score (nSPS) is 33.4. The van der Waals surface area contributed by atoms with Gasteiger partial charge >= 0.3 is 0 Å². The van der Waals surface area contributed by atoms with Crippen LogP contribution in [-0.2, 0) is 0 Å². The van der Waals surface area contributed by atoms with E-state index < -0.39 is 0 Å². The van der Waals surface area contributed by atoms with Gasteiger partial charge in [0, 0.05) is 0 Å². The first-order valence-electron chi connectivity index (χ1n) is 16.6. The smallest absolute Gasteiger partial charge is 0.0238 e. The van der Waals surface area contributed by atoms with E-state index in [-0.39, 0.29) is 0 Å². The Labute approximate surface area is 215 Å². The molecule has 0 saturated heterocycles. The lowest BCUT2D eigenvalue weighted by Gasteiger charge is -2.30. The summed E-state index contributed by atoms with van der Waals surface area (Å²) in [5.41, 5.74) is 0.780. The molecule has 34 heavy (non-hydrogen) atoms. The molecule has 3 unspecified atom stereocenters. The van der Waals surface area contributed by atoms with Crippen molar-refractivity contribution < 1.29 is 0 Å². The molecule has 0 bridgehead atoms. The molecule has 3 atom stereocenters. The van der Waals surface area contributed by atoms with Crippen LogP contribution in [0.25, 0.3) is 0 Å². The number of hydrogen-bond donors (Lipinski definition) is 0. The molecule has 0 N–H and O–H groups in total. The van der Waals surface area contributed by atoms with Crippen LogP contribution in [-0.4, -0.2) is 0 Å². The van der Waals surface area contributed by atoms with E-state index in [1.165, 1.54) is 148 Å². The predicted molar refractivity (Wildman–Crippen MR) is 152 cm³/mol. The van der Waals surface area contributed by atoms with Crippen molar-refractivity contribution in [3.05, 3.63) is 12.2 Å². The highest BCUT2D eigenvalue weighted by Crippen LogP contribution is 2.65. The molecule has 3 aliphatic carbocycles. The zero-order valence-electron chi connectivity index (χ0n) is 23.3. The van der Waals surface area contributed by atoms with Crippen molar-refractivity contribution in [2.24, 2.45) is 17.3 Å². The Morgan fingerprint density at radius 2 is 0.706 bits per heavy atom. The zero-order valence-corrected chi connectivity index (χ0v) is 23.3. The summed E-state index contributed by atoms with van der Waals surface area (Å²) in [4.78, 5) is 0. The average molecular weight is 471 g/mol. The SMILES string of the molecule is C1=CCCCCCCC(C23CCCCCCCCCCCCCCC2C3)CCCCCCCC1. The van der Waals surface area contributed by atoms with Crippen LogP contribution >= 0.6 is 0 Å². The highest BCUT2D eigenvalue weighted by molar-refractivity contribution is 5.05. The van der Waals surface area contributed by atoms with Crippen LogP contribution in [0, 0.1) is 17.3 Å². The minimum absolute atomic E-state index is 0.780. The summed E-state index contributed by atoms with van der Waals surface area (Å²) in [6.07, 6.45) is 48.5. The Balaban J connectivity index is 1.54. The second kappa shape index (κ2) is 18.1. The highest BCUT2D eigenvalue weighted by atomic mass is 14.6. The van der Waals surface area contributed by atoms with E-state index in [0.717, 1.165) is 17.3 Å². The number of fused-ring (bicyclic) bond motifs is 1. The van der Waals surface area contributed by atoms with Crippen molar-refractivity contribution in [2.45, 2.75) is 186 Å². The number of hydrogen-bond acceptors (Lipinski definition) is 0. The van der Waals surface area contributed by atoms with Crippen LogP contribution in [0.1, 0.15) is 186 Å². The summed E-state index contributed by atoms with van der Waals surface area (Å²) in [5, 5.41) is 0. The van der Waals surface area contributed by atoms with Crippen LogP contribution in [0.4, 0.5) is 0 Å². The summed E-state index contributed by atoms with van der Waals surface area (Å²) in [6.45, 7) is 0. The van der Waals surface area contributed by atoms with Gasteiger partial charge in [-0.15, -0.1) is 0 Å². The third-order valence-corrected chi connectivity index (χ3v) is 10.1. The molecular weight excluding hydrogens is 408 g/mol. The van der Waals surface area contributed by atoms with Crippen LogP contribution in [0.2, 0.25) is 0 Å². The monoisotopic (exact) mass is 470 g/mol. The Kier molecular flexibility index (Phi) is 15.0. The molecular formula is C34H62. The van der Waals surface area contributed by atoms with Crippen molar-refractivity contribution >= 4 is 0 Å². The molecule has 0 spiro atoms. The molecule has 3 aliphatic rings. The van der Waals surface area contributed by atoms with Crippen LogP contribution < -0.4 is 0 Å². The van der Waals surface area contributed by atoms with Crippen molar-refractivity contribution in [1.29, 1.82) is 0 Å². The van der Waals surface area contributed by atoms with Gasteiger partial charge in [0.1, 0.15) is 0 Å². The van der Waals surface area contributed by atoms with Gasteiger partial charge in [0.2, 0.25) is 0 Å². The topological polar surface area (TPSA) is 0 Å².